The van der Waals surface area contributed by atoms with Gasteiger partial charge in [-0.1, -0.05) is 0 Å². The molecule has 0 radical (unpaired) electrons. The lowest BCUT2D eigenvalue weighted by Gasteiger charge is -2.30. The number of rotatable bonds is 6. The fourth-order valence-corrected chi connectivity index (χ4v) is 4.67. The smallest absolute Gasteiger partial charge is 0.394 e. The van der Waals surface area contributed by atoms with Crippen molar-refractivity contribution in [2.75, 3.05) is 6.61 Å². The molecule has 0 aromatic rings. The summed E-state index contributed by atoms with van der Waals surface area (Å²) in [6.07, 6.45) is -4.26. The molecule has 13 nitrogen and oxygen atoms in total. The van der Waals surface area contributed by atoms with E-state index >= 15 is 0 Å². The third kappa shape index (κ3) is 4.88. The van der Waals surface area contributed by atoms with Gasteiger partial charge in [0, 0.05) is 6.42 Å². The van der Waals surface area contributed by atoms with Crippen LogP contribution in [0.1, 0.15) is 6.42 Å². The highest BCUT2D eigenvalue weighted by Crippen LogP contribution is 2.67. The van der Waals surface area contributed by atoms with Crippen molar-refractivity contribution in [1.82, 2.24) is 0 Å². The number of aliphatic hydroxyl groups excluding tert-OH is 2. The van der Waals surface area contributed by atoms with E-state index in [4.69, 9.17) is 29.6 Å². The highest BCUT2D eigenvalue weighted by atomic mass is 31.3. The fourth-order valence-electron chi connectivity index (χ4n) is 1.55. The summed E-state index contributed by atoms with van der Waals surface area (Å²) in [4.78, 5) is 44.3. The molecule has 21 heavy (non-hydrogen) atoms. The molecule has 0 aromatic carbocycles. The molecule has 1 saturated heterocycles. The van der Waals surface area contributed by atoms with Crippen molar-refractivity contribution in [3.05, 3.63) is 0 Å². The minimum atomic E-state index is -5.66. The first-order valence-corrected chi connectivity index (χ1v) is 9.68. The molecule has 0 bridgehead atoms. The molecule has 1 heterocycles. The van der Waals surface area contributed by atoms with Gasteiger partial charge in [0.2, 0.25) is 0 Å². The third-order valence-electron chi connectivity index (χ3n) is 2.32. The first kappa shape index (κ1) is 19.3. The van der Waals surface area contributed by atoms with Crippen LogP contribution in [-0.2, 0) is 27.3 Å². The molecule has 7 N–H and O–H groups in total. The lowest BCUT2D eigenvalue weighted by molar-refractivity contribution is -0.144. The minimum absolute atomic E-state index is 0.901. The van der Waals surface area contributed by atoms with Gasteiger partial charge in [-0.25, -0.2) is 13.7 Å². The van der Waals surface area contributed by atoms with Crippen molar-refractivity contribution in [2.24, 2.45) is 0 Å². The quantitative estimate of drug-likeness (QED) is 0.255. The number of hydrogen-bond acceptors (Lipinski definition) is 8. The number of phosphoric ester groups is 1. The zero-order chi connectivity index (χ0) is 16.7. The van der Waals surface area contributed by atoms with Crippen molar-refractivity contribution in [3.63, 3.8) is 0 Å². The molecule has 126 valence electrons. The van der Waals surface area contributed by atoms with Crippen LogP contribution in [0.4, 0.5) is 0 Å². The first-order chi connectivity index (χ1) is 9.21. The van der Waals surface area contributed by atoms with Gasteiger partial charge in [0.1, 0.15) is 6.10 Å². The van der Waals surface area contributed by atoms with Crippen LogP contribution in [0.2, 0.25) is 0 Å². The Morgan fingerprint density at radius 2 is 1.67 bits per heavy atom. The van der Waals surface area contributed by atoms with Gasteiger partial charge in [-0.3, -0.25) is 4.57 Å². The van der Waals surface area contributed by atoms with Crippen LogP contribution in [0, 0.1) is 0 Å². The highest BCUT2D eigenvalue weighted by Gasteiger charge is 2.62. The van der Waals surface area contributed by atoms with Crippen molar-refractivity contribution >= 4 is 23.2 Å². The van der Waals surface area contributed by atoms with Crippen LogP contribution in [0.25, 0.3) is 0 Å². The zero-order valence-corrected chi connectivity index (χ0v) is 12.7. The Kier molecular flexibility index (Phi) is 5.58. The SMILES string of the molecule is O=P(O)(O)OP(=O)(O)OC1(P(=O)(O)O)C[C@H](O)[C@@H](CO)O1. The summed E-state index contributed by atoms with van der Waals surface area (Å²) in [5.74, 6) is 0. The molecule has 0 aliphatic carbocycles. The van der Waals surface area contributed by atoms with Crippen molar-refractivity contribution < 1.29 is 61.9 Å². The van der Waals surface area contributed by atoms with E-state index in [-0.39, 0.29) is 0 Å². The predicted octanol–water partition coefficient (Wildman–Crippen LogP) is -1.81. The fraction of sp³-hybridized carbons (Fsp3) is 1.00. The minimum Gasteiger partial charge on any atom is -0.394 e. The molecule has 4 atom stereocenters. The highest BCUT2D eigenvalue weighted by molar-refractivity contribution is 7.61. The number of hydrogen-bond donors (Lipinski definition) is 7. The van der Waals surface area contributed by atoms with E-state index in [1.165, 1.54) is 0 Å². The Bertz CT molecular complexity index is 520. The molecule has 0 spiro atoms. The maximum absolute atomic E-state index is 11.4. The van der Waals surface area contributed by atoms with Crippen LogP contribution < -0.4 is 0 Å². The second kappa shape index (κ2) is 6.06. The van der Waals surface area contributed by atoms with Crippen LogP contribution in [0.5, 0.6) is 0 Å². The topological polar surface area (TPSA) is 221 Å². The molecule has 0 aromatic heterocycles. The summed E-state index contributed by atoms with van der Waals surface area (Å²) in [5, 5.41) is 18.3. The van der Waals surface area contributed by atoms with Crippen molar-refractivity contribution in [3.8, 4) is 0 Å². The van der Waals surface area contributed by atoms with Crippen molar-refractivity contribution in [2.45, 2.75) is 24.2 Å². The van der Waals surface area contributed by atoms with Gasteiger partial charge in [-0.2, -0.15) is 4.31 Å². The van der Waals surface area contributed by atoms with Gasteiger partial charge in [-0.05, 0) is 0 Å². The second-order valence-corrected chi connectivity index (χ2v) is 8.52. The Hall–Kier alpha value is 0.290. The largest absolute Gasteiger partial charge is 0.484 e. The van der Waals surface area contributed by atoms with E-state index < -0.39 is 54.0 Å². The summed E-state index contributed by atoms with van der Waals surface area (Å²) < 4.78 is 45.3. The molecule has 1 rings (SSSR count). The van der Waals surface area contributed by atoms with Crippen LogP contribution in [0.15, 0.2) is 0 Å². The Labute approximate surface area is 117 Å². The molecule has 0 amide bonds. The molecule has 1 aliphatic rings. The third-order valence-corrected chi connectivity index (χ3v) is 5.94. The average Bonchev–Trinajstić information content (AvgIpc) is 2.50. The summed E-state index contributed by atoms with van der Waals surface area (Å²) in [7, 11) is -16.7. The first-order valence-electron chi connectivity index (χ1n) is 5.04. The number of phosphoric acid groups is 2. The van der Waals surface area contributed by atoms with E-state index in [1.807, 2.05) is 0 Å². The lowest BCUT2D eigenvalue weighted by atomic mass is 10.2. The van der Waals surface area contributed by atoms with Crippen LogP contribution in [0.3, 0.4) is 0 Å². The van der Waals surface area contributed by atoms with Gasteiger partial charge in [-0.15, -0.1) is 0 Å². The number of aliphatic hydroxyl groups is 2. The molecular weight excluding hydrogens is 361 g/mol. The van der Waals surface area contributed by atoms with Crippen LogP contribution in [-0.4, -0.2) is 59.0 Å². The van der Waals surface area contributed by atoms with E-state index in [1.54, 1.807) is 0 Å². The van der Waals surface area contributed by atoms with Gasteiger partial charge >= 0.3 is 23.2 Å². The molecule has 16 heteroatoms. The monoisotopic (exact) mass is 374 g/mol. The molecule has 1 fully saturated rings. The van der Waals surface area contributed by atoms with Gasteiger partial charge in [0.25, 0.3) is 5.53 Å². The standard InChI is InChI=1S/C5H13O13P3/c6-2-4-3(7)1-5(16-4,19(8,9)10)17-21(14,15)18-20(11,12)13/h3-4,6-7H,1-2H2,(H,14,15)(H2,8,9,10)(H2,11,12,13)/t3-,4+,5?/m0/s1. The Morgan fingerprint density at radius 3 is 2.00 bits per heavy atom. The number of ether oxygens (including phenoxy) is 1. The Balaban J connectivity index is 3.11. The summed E-state index contributed by atoms with van der Waals surface area (Å²) in [6.45, 7) is -0.901. The van der Waals surface area contributed by atoms with Gasteiger partial charge in [0.05, 0.1) is 12.7 Å². The van der Waals surface area contributed by atoms with E-state index in [2.05, 4.69) is 13.6 Å². The van der Waals surface area contributed by atoms with Crippen LogP contribution >= 0.6 is 23.2 Å². The maximum atomic E-state index is 11.4. The Morgan fingerprint density at radius 1 is 1.14 bits per heavy atom. The molecule has 1 aliphatic heterocycles. The van der Waals surface area contributed by atoms with Gasteiger partial charge < -0.3 is 39.4 Å². The van der Waals surface area contributed by atoms with E-state index in [0.717, 1.165) is 0 Å². The van der Waals surface area contributed by atoms with Gasteiger partial charge in [0.15, 0.2) is 0 Å². The zero-order valence-electron chi connectivity index (χ0n) is 9.99. The summed E-state index contributed by atoms with van der Waals surface area (Å²) in [5.41, 5.74) is -3.20. The molecule has 0 saturated carbocycles. The predicted molar refractivity (Wildman–Crippen MR) is 61.4 cm³/mol. The van der Waals surface area contributed by atoms with E-state index in [9.17, 15) is 18.8 Å². The average molecular weight is 374 g/mol. The normalized spacial score (nSPS) is 33.9. The lowest BCUT2D eigenvalue weighted by Crippen LogP contribution is -2.32. The molecule has 2 unspecified atom stereocenters. The van der Waals surface area contributed by atoms with E-state index in [0.29, 0.717) is 0 Å². The molecular formula is C5H13O13P3. The second-order valence-electron chi connectivity index (χ2n) is 4.00. The maximum Gasteiger partial charge on any atom is 0.484 e. The van der Waals surface area contributed by atoms with Crippen molar-refractivity contribution in [1.29, 1.82) is 0 Å². The summed E-state index contributed by atoms with van der Waals surface area (Å²) >= 11 is 0. The summed E-state index contributed by atoms with van der Waals surface area (Å²) in [6, 6.07) is 0.